The van der Waals surface area contributed by atoms with Crippen molar-refractivity contribution in [1.29, 1.82) is 0 Å². The van der Waals surface area contributed by atoms with E-state index in [0.29, 0.717) is 22.6 Å². The van der Waals surface area contributed by atoms with Crippen molar-refractivity contribution in [3.05, 3.63) is 84.5 Å². The lowest BCUT2D eigenvalue weighted by molar-refractivity contribution is -0.140. The molecule has 2 aromatic rings. The van der Waals surface area contributed by atoms with E-state index in [2.05, 4.69) is 18.5 Å². The van der Waals surface area contributed by atoms with Crippen molar-refractivity contribution in [3.8, 4) is 11.5 Å². The van der Waals surface area contributed by atoms with Crippen LogP contribution in [0.3, 0.4) is 0 Å². The van der Waals surface area contributed by atoms with Gasteiger partial charge in [-0.25, -0.2) is 19.2 Å². The van der Waals surface area contributed by atoms with Gasteiger partial charge in [0.15, 0.2) is 6.10 Å². The quantitative estimate of drug-likeness (QED) is 0.109. The van der Waals surface area contributed by atoms with Crippen LogP contribution < -0.4 is 14.8 Å². The number of amides is 1. The van der Waals surface area contributed by atoms with Crippen molar-refractivity contribution in [2.24, 2.45) is 0 Å². The molecule has 1 N–H and O–H groups in total. The van der Waals surface area contributed by atoms with Crippen LogP contribution in [0.2, 0.25) is 0 Å². The van der Waals surface area contributed by atoms with Crippen LogP contribution >= 0.6 is 0 Å². The molecule has 43 heavy (non-hydrogen) atoms. The van der Waals surface area contributed by atoms with Crippen molar-refractivity contribution in [2.75, 3.05) is 52.8 Å². The van der Waals surface area contributed by atoms with Crippen molar-refractivity contribution < 1.29 is 52.3 Å². The number of ether oxygens (including phenoxy) is 7. The first-order valence-electron chi connectivity index (χ1n) is 13.4. The molecule has 0 aliphatic heterocycles. The van der Waals surface area contributed by atoms with Crippen LogP contribution in [-0.2, 0) is 33.3 Å². The molecule has 0 aromatic heterocycles. The molecule has 1 amide bonds. The van der Waals surface area contributed by atoms with Crippen LogP contribution in [0, 0.1) is 0 Å². The van der Waals surface area contributed by atoms with Crippen LogP contribution in [0.15, 0.2) is 78.9 Å². The van der Waals surface area contributed by atoms with Gasteiger partial charge in [0.25, 0.3) is 0 Å². The molecule has 12 nitrogen and oxygen atoms in total. The highest BCUT2D eigenvalue weighted by Crippen LogP contribution is 2.15. The number of benzene rings is 2. The topological polar surface area (TPSA) is 145 Å². The molecular formula is C31H37NO11. The van der Waals surface area contributed by atoms with Gasteiger partial charge in [-0.3, -0.25) is 0 Å². The molecule has 2 rings (SSSR count). The van der Waals surface area contributed by atoms with Crippen LogP contribution in [-0.4, -0.2) is 82.9 Å². The molecule has 2 aromatic carbocycles. The van der Waals surface area contributed by atoms with Gasteiger partial charge in [-0.1, -0.05) is 31.4 Å². The normalized spacial score (nSPS) is 10.9. The number of carbonyl (C=O) groups excluding carboxylic acids is 4. The Hall–Kier alpha value is -4.84. The average Bonchev–Trinajstić information content (AvgIpc) is 3.00. The molecule has 0 radical (unpaired) electrons. The molecule has 0 saturated heterocycles. The van der Waals surface area contributed by atoms with Gasteiger partial charge in [-0.15, -0.1) is 0 Å². The summed E-state index contributed by atoms with van der Waals surface area (Å²) < 4.78 is 37.2. The summed E-state index contributed by atoms with van der Waals surface area (Å²) >= 11 is 0. The van der Waals surface area contributed by atoms with Gasteiger partial charge in [-0.2, -0.15) is 0 Å². The van der Waals surface area contributed by atoms with E-state index in [0.717, 1.165) is 0 Å². The zero-order valence-corrected chi connectivity index (χ0v) is 24.3. The highest BCUT2D eigenvalue weighted by Gasteiger charge is 2.17. The maximum Gasteiger partial charge on any atom is 0.407 e. The molecule has 12 heteroatoms. The Labute approximate surface area is 250 Å². The van der Waals surface area contributed by atoms with E-state index >= 15 is 0 Å². The lowest BCUT2D eigenvalue weighted by atomic mass is 10.2. The van der Waals surface area contributed by atoms with Gasteiger partial charge in [0.05, 0.1) is 25.3 Å². The summed E-state index contributed by atoms with van der Waals surface area (Å²) in [4.78, 5) is 47.3. The monoisotopic (exact) mass is 599 g/mol. The predicted molar refractivity (Wildman–Crippen MR) is 155 cm³/mol. The number of hydrogen-bond acceptors (Lipinski definition) is 11. The highest BCUT2D eigenvalue weighted by atomic mass is 16.6. The summed E-state index contributed by atoms with van der Waals surface area (Å²) in [6, 6.07) is 15.2. The SMILES string of the molecule is C=C(C)C(=O)OCCNC(=O)OC(COc1ccccc1)COc1ccc(C(=O)OCCOCCOC(=O)C(=C)C)cc1. The van der Waals surface area contributed by atoms with E-state index < -0.39 is 30.1 Å². The lowest BCUT2D eigenvalue weighted by Gasteiger charge is -2.19. The van der Waals surface area contributed by atoms with Crippen LogP contribution in [0.4, 0.5) is 4.79 Å². The molecule has 0 aliphatic rings. The van der Waals surface area contributed by atoms with Crippen molar-refractivity contribution in [2.45, 2.75) is 20.0 Å². The second-order valence-corrected chi connectivity index (χ2v) is 8.99. The fourth-order valence-corrected chi connectivity index (χ4v) is 3.01. The van der Waals surface area contributed by atoms with Gasteiger partial charge in [0, 0.05) is 11.1 Å². The molecule has 0 bridgehead atoms. The number of esters is 3. The first kappa shape index (κ1) is 34.4. The summed E-state index contributed by atoms with van der Waals surface area (Å²) in [5.74, 6) is -0.590. The van der Waals surface area contributed by atoms with Crippen LogP contribution in [0.1, 0.15) is 24.2 Å². The molecule has 0 aliphatic carbocycles. The number of alkyl carbamates (subject to hydrolysis) is 1. The van der Waals surface area contributed by atoms with E-state index in [4.69, 9.17) is 33.2 Å². The number of carbonyl (C=O) groups is 4. The van der Waals surface area contributed by atoms with Crippen LogP contribution in [0.5, 0.6) is 11.5 Å². The Kier molecular flexibility index (Phi) is 15.4. The average molecular weight is 600 g/mol. The smallest absolute Gasteiger partial charge is 0.407 e. The predicted octanol–water partition coefficient (Wildman–Crippen LogP) is 3.65. The largest absolute Gasteiger partial charge is 0.490 e. The first-order chi connectivity index (χ1) is 20.7. The van der Waals surface area contributed by atoms with Crippen molar-refractivity contribution in [3.63, 3.8) is 0 Å². The van der Waals surface area contributed by atoms with Crippen LogP contribution in [0.25, 0.3) is 0 Å². The Morgan fingerprint density at radius 1 is 0.698 bits per heavy atom. The van der Waals surface area contributed by atoms with Gasteiger partial charge in [-0.05, 0) is 50.2 Å². The van der Waals surface area contributed by atoms with E-state index in [1.54, 1.807) is 31.2 Å². The number of para-hydroxylation sites is 1. The highest BCUT2D eigenvalue weighted by molar-refractivity contribution is 5.89. The fraction of sp³-hybridized carbons (Fsp3) is 0.355. The van der Waals surface area contributed by atoms with E-state index in [9.17, 15) is 19.2 Å². The lowest BCUT2D eigenvalue weighted by Crippen LogP contribution is -2.37. The second kappa shape index (κ2) is 19.3. The van der Waals surface area contributed by atoms with Crippen molar-refractivity contribution >= 4 is 24.0 Å². The zero-order valence-electron chi connectivity index (χ0n) is 24.3. The molecule has 1 atom stereocenters. The van der Waals surface area contributed by atoms with Gasteiger partial charge in [0.1, 0.15) is 44.5 Å². The minimum absolute atomic E-state index is 0.00485. The second-order valence-electron chi connectivity index (χ2n) is 8.99. The molecule has 0 spiro atoms. The minimum Gasteiger partial charge on any atom is -0.490 e. The molecule has 0 heterocycles. The number of nitrogens with one attached hydrogen (secondary N) is 1. The summed E-state index contributed by atoms with van der Waals surface area (Å²) in [7, 11) is 0. The summed E-state index contributed by atoms with van der Waals surface area (Å²) in [6.07, 6.45) is -1.54. The Morgan fingerprint density at radius 3 is 1.81 bits per heavy atom. The third kappa shape index (κ3) is 14.6. The molecule has 232 valence electrons. The molecule has 1 unspecified atom stereocenters. The van der Waals surface area contributed by atoms with Crippen molar-refractivity contribution in [1.82, 2.24) is 5.32 Å². The Bertz CT molecular complexity index is 1210. The van der Waals surface area contributed by atoms with Gasteiger partial charge >= 0.3 is 24.0 Å². The number of rotatable bonds is 19. The Morgan fingerprint density at radius 2 is 1.23 bits per heavy atom. The van der Waals surface area contributed by atoms with E-state index in [1.807, 2.05) is 18.2 Å². The third-order valence-corrected chi connectivity index (χ3v) is 5.20. The van der Waals surface area contributed by atoms with Gasteiger partial charge in [0.2, 0.25) is 0 Å². The summed E-state index contributed by atoms with van der Waals surface area (Å²) in [6.45, 7) is 10.4. The fourth-order valence-electron chi connectivity index (χ4n) is 3.01. The van der Waals surface area contributed by atoms with Gasteiger partial charge < -0.3 is 38.5 Å². The maximum absolute atomic E-state index is 12.3. The molecular weight excluding hydrogens is 562 g/mol. The molecule has 0 fully saturated rings. The third-order valence-electron chi connectivity index (χ3n) is 5.20. The number of hydrogen-bond donors (Lipinski definition) is 1. The Balaban J connectivity index is 1.78. The standard InChI is InChI=1S/C31H37NO11/c1-22(2)28(33)38-15-14-32-31(36)43-27(20-41-25-8-6-5-7-9-25)21-42-26-12-10-24(11-13-26)30(35)40-19-17-37-16-18-39-29(34)23(3)4/h5-13,27H,1,3,14-21H2,2,4H3,(H,32,36). The summed E-state index contributed by atoms with van der Waals surface area (Å²) in [5, 5.41) is 2.50. The van der Waals surface area contributed by atoms with E-state index in [-0.39, 0.29) is 58.4 Å². The first-order valence-corrected chi connectivity index (χ1v) is 13.4. The minimum atomic E-state index is -0.799. The summed E-state index contributed by atoms with van der Waals surface area (Å²) in [5.41, 5.74) is 0.856. The van der Waals surface area contributed by atoms with E-state index in [1.165, 1.54) is 19.1 Å². The zero-order chi connectivity index (χ0) is 31.5. The maximum atomic E-state index is 12.3. The molecule has 0 saturated carbocycles.